The molecule has 0 amide bonds. The van der Waals surface area contributed by atoms with Gasteiger partial charge in [-0.05, 0) is 116 Å². The van der Waals surface area contributed by atoms with E-state index in [2.05, 4.69) is 47.6 Å². The van der Waals surface area contributed by atoms with Crippen LogP contribution in [0.1, 0.15) is 111 Å². The number of allylic oxidation sites excluding steroid dienone is 1. The van der Waals surface area contributed by atoms with Crippen molar-refractivity contribution in [3.05, 3.63) is 41.5 Å². The number of benzene rings is 1. The van der Waals surface area contributed by atoms with Crippen LogP contribution in [0.4, 0.5) is 0 Å². The Kier molecular flexibility index (Phi) is 7.65. The molecule has 0 bridgehead atoms. The minimum atomic E-state index is -0.806. The molecule has 0 saturated heterocycles. The molecule has 1 aromatic carbocycles. The number of aliphatic carboxylic acids is 1. The van der Waals surface area contributed by atoms with Gasteiger partial charge in [-0.2, -0.15) is 0 Å². The van der Waals surface area contributed by atoms with E-state index in [0.29, 0.717) is 37.0 Å². The number of carboxylic acids is 1. The van der Waals surface area contributed by atoms with E-state index >= 15 is 0 Å². The zero-order valence-electron chi connectivity index (χ0n) is 28.4. The van der Waals surface area contributed by atoms with Gasteiger partial charge < -0.3 is 20.1 Å². The van der Waals surface area contributed by atoms with Crippen LogP contribution < -0.4 is 0 Å². The highest BCUT2D eigenvalue weighted by Crippen LogP contribution is 2.75. The van der Waals surface area contributed by atoms with E-state index in [9.17, 15) is 29.7 Å². The Labute approximate surface area is 273 Å². The first-order valence-corrected chi connectivity index (χ1v) is 17.3. The molecule has 1 aromatic rings. The maximum absolute atomic E-state index is 13.3. The van der Waals surface area contributed by atoms with Crippen LogP contribution in [0.5, 0.6) is 11.5 Å². The lowest BCUT2D eigenvalue weighted by Gasteiger charge is -2.70. The summed E-state index contributed by atoms with van der Waals surface area (Å²) in [4.78, 5) is 39.7. The second-order valence-electron chi connectivity index (χ2n) is 17.3. The van der Waals surface area contributed by atoms with Crippen molar-refractivity contribution in [1.29, 1.82) is 0 Å². The van der Waals surface area contributed by atoms with Gasteiger partial charge in [-0.3, -0.25) is 9.59 Å². The van der Waals surface area contributed by atoms with Crippen LogP contribution in [0.3, 0.4) is 0 Å². The number of carbonyl (C=O) groups is 3. The molecule has 6 rings (SSSR count). The maximum Gasteiger partial charge on any atom is 0.330 e. The molecule has 7 nitrogen and oxygen atoms in total. The van der Waals surface area contributed by atoms with Crippen molar-refractivity contribution in [2.75, 3.05) is 6.61 Å². The molecule has 0 radical (unpaired) electrons. The van der Waals surface area contributed by atoms with Gasteiger partial charge in [-0.1, -0.05) is 59.3 Å². The molecule has 0 heterocycles. The second kappa shape index (κ2) is 10.7. The van der Waals surface area contributed by atoms with Crippen LogP contribution >= 0.6 is 0 Å². The largest absolute Gasteiger partial charge is 0.504 e. The van der Waals surface area contributed by atoms with Crippen LogP contribution in [0.2, 0.25) is 0 Å². The quantitative estimate of drug-likeness (QED) is 0.130. The van der Waals surface area contributed by atoms with Crippen molar-refractivity contribution in [1.82, 2.24) is 0 Å². The zero-order valence-corrected chi connectivity index (χ0v) is 28.4. The number of hydrogen-bond acceptors (Lipinski definition) is 6. The Balaban J connectivity index is 1.41. The van der Waals surface area contributed by atoms with Crippen molar-refractivity contribution >= 4 is 23.8 Å². The Hall–Kier alpha value is -3.09. The van der Waals surface area contributed by atoms with Crippen molar-refractivity contribution in [3.8, 4) is 11.5 Å². The summed E-state index contributed by atoms with van der Waals surface area (Å²) in [6.45, 7) is 13.7. The standard InChI is InChI=1S/C39H52O7/c1-34(2)17-18-38(33(44)45)19-20-39(23-46-32(43)12-8-24-7-10-27(40)28(41)21-24)25(26(38)22-34)9-11-30-36(5)15-14-31(42)35(3,4)29(36)13-16-37(30,39)6/h7-10,12,21,26,29-30,40-41H,11,13-20,22-23H2,1-6H3,(H,44,45)/b12-8-/t26?,29?,30-,36+,37-,38+,39+/m1/s1. The number of carboxylic acid groups (broad SMARTS) is 1. The van der Waals surface area contributed by atoms with Gasteiger partial charge in [-0.25, -0.2) is 4.79 Å². The summed E-state index contributed by atoms with van der Waals surface area (Å²) in [5.74, 6) is -0.896. The third-order valence-electron chi connectivity index (χ3n) is 14.4. The number of carbonyl (C=O) groups excluding carboxylic acids is 2. The van der Waals surface area contributed by atoms with Crippen LogP contribution in [0.15, 0.2) is 35.9 Å². The third kappa shape index (κ3) is 4.69. The first kappa shape index (κ1) is 32.8. The number of esters is 1. The molecule has 5 aliphatic rings. The molecule has 0 aliphatic heterocycles. The fourth-order valence-corrected chi connectivity index (χ4v) is 11.6. The van der Waals surface area contributed by atoms with Crippen molar-refractivity contribution in [2.24, 2.45) is 50.2 Å². The van der Waals surface area contributed by atoms with Gasteiger partial charge >= 0.3 is 11.9 Å². The molecule has 4 saturated carbocycles. The number of phenolic OH excluding ortho intramolecular Hbond substituents is 2. The second-order valence-corrected chi connectivity index (χ2v) is 17.3. The molecule has 7 heteroatoms. The SMILES string of the molecule is CC1(C)CC[C@]2(C(=O)O)CC[C@]3(COC(=O)/C=C\c4ccc(O)c(O)c4)C(=CC[C@@H]4[C@@]5(C)CCC(=O)C(C)(C)C5CC[C@]43C)C2C1. The molecular weight excluding hydrogens is 580 g/mol. The van der Waals surface area contributed by atoms with Gasteiger partial charge in [0.15, 0.2) is 11.5 Å². The van der Waals surface area contributed by atoms with E-state index in [0.717, 1.165) is 38.5 Å². The molecule has 3 N–H and O–H groups in total. The topological polar surface area (TPSA) is 121 Å². The summed E-state index contributed by atoms with van der Waals surface area (Å²) in [6, 6.07) is 4.37. The fraction of sp³-hybridized carbons (Fsp3) is 0.667. The number of hydrogen-bond donors (Lipinski definition) is 3. The number of rotatable bonds is 5. The highest BCUT2D eigenvalue weighted by Gasteiger charge is 2.71. The highest BCUT2D eigenvalue weighted by atomic mass is 16.5. The fourth-order valence-electron chi connectivity index (χ4n) is 11.6. The minimum absolute atomic E-state index is 0.0117. The summed E-state index contributed by atoms with van der Waals surface area (Å²) in [7, 11) is 0. The lowest BCUT2D eigenvalue weighted by atomic mass is 9.33. The molecule has 0 spiro atoms. The molecule has 4 fully saturated rings. The van der Waals surface area contributed by atoms with Crippen LogP contribution in [0, 0.1) is 50.2 Å². The van der Waals surface area contributed by atoms with E-state index in [4.69, 9.17) is 4.74 Å². The molecule has 46 heavy (non-hydrogen) atoms. The normalized spacial score (nSPS) is 39.3. The van der Waals surface area contributed by atoms with Crippen LogP contribution in [0.25, 0.3) is 6.08 Å². The predicted octanol–water partition coefficient (Wildman–Crippen LogP) is 8.09. The van der Waals surface area contributed by atoms with Gasteiger partial charge in [-0.15, -0.1) is 0 Å². The lowest BCUT2D eigenvalue weighted by molar-refractivity contribution is -0.202. The van der Waals surface area contributed by atoms with Crippen molar-refractivity contribution < 1.29 is 34.4 Å². The van der Waals surface area contributed by atoms with Crippen LogP contribution in [-0.2, 0) is 19.1 Å². The number of fused-ring (bicyclic) bond motifs is 7. The Morgan fingerprint density at radius 1 is 0.935 bits per heavy atom. The van der Waals surface area contributed by atoms with E-state index in [1.165, 1.54) is 23.8 Å². The summed E-state index contributed by atoms with van der Waals surface area (Å²) in [6.07, 6.45) is 13.0. The van der Waals surface area contributed by atoms with E-state index in [-0.39, 0.29) is 57.5 Å². The Morgan fingerprint density at radius 3 is 2.35 bits per heavy atom. The highest BCUT2D eigenvalue weighted by molar-refractivity contribution is 5.87. The number of phenols is 2. The van der Waals surface area contributed by atoms with Gasteiger partial charge in [0.2, 0.25) is 0 Å². The monoisotopic (exact) mass is 632 g/mol. The first-order chi connectivity index (χ1) is 21.4. The minimum Gasteiger partial charge on any atom is -0.504 e. The maximum atomic E-state index is 13.3. The van der Waals surface area contributed by atoms with Gasteiger partial charge in [0.1, 0.15) is 12.4 Å². The van der Waals surface area contributed by atoms with Gasteiger partial charge in [0, 0.05) is 23.3 Å². The molecule has 2 unspecified atom stereocenters. The molecule has 0 aromatic heterocycles. The molecule has 5 aliphatic carbocycles. The third-order valence-corrected chi connectivity index (χ3v) is 14.4. The van der Waals surface area contributed by atoms with Crippen LogP contribution in [-0.4, -0.2) is 39.6 Å². The van der Waals surface area contributed by atoms with E-state index in [1.54, 1.807) is 12.1 Å². The summed E-state index contributed by atoms with van der Waals surface area (Å²) in [5, 5.41) is 30.3. The van der Waals surface area contributed by atoms with Crippen molar-refractivity contribution in [3.63, 3.8) is 0 Å². The van der Waals surface area contributed by atoms with Crippen molar-refractivity contribution in [2.45, 2.75) is 106 Å². The predicted molar refractivity (Wildman–Crippen MR) is 176 cm³/mol. The molecular formula is C39H52O7. The average Bonchev–Trinajstić information content (AvgIpc) is 2.98. The van der Waals surface area contributed by atoms with E-state index < -0.39 is 22.8 Å². The number of ether oxygens (including phenoxy) is 1. The van der Waals surface area contributed by atoms with Gasteiger partial charge in [0.25, 0.3) is 0 Å². The number of ketones is 1. The Bertz CT molecular complexity index is 1520. The summed E-state index contributed by atoms with van der Waals surface area (Å²) in [5.41, 5.74) is -0.228. The lowest BCUT2D eigenvalue weighted by Crippen LogP contribution is -2.66. The smallest absolute Gasteiger partial charge is 0.330 e. The number of aromatic hydroxyl groups is 2. The molecule has 7 atom stereocenters. The molecule has 250 valence electrons. The average molecular weight is 633 g/mol. The zero-order chi connectivity index (χ0) is 33.5. The summed E-state index contributed by atoms with van der Waals surface area (Å²) >= 11 is 0. The van der Waals surface area contributed by atoms with Gasteiger partial charge in [0.05, 0.1) is 5.41 Å². The van der Waals surface area contributed by atoms with E-state index in [1.807, 2.05) is 0 Å². The Morgan fingerprint density at radius 2 is 1.65 bits per heavy atom. The summed E-state index contributed by atoms with van der Waals surface area (Å²) < 4.78 is 6.20. The number of Topliss-reactive ketones (excluding diaryl/α,β-unsaturated/α-hetero) is 1. The first-order valence-electron chi connectivity index (χ1n) is 17.3.